The lowest BCUT2D eigenvalue weighted by molar-refractivity contribution is 0.414. The fraction of sp³-hybridized carbons (Fsp3) is 0.292. The predicted molar refractivity (Wildman–Crippen MR) is 135 cm³/mol. The maximum absolute atomic E-state index is 5.40. The molecule has 0 aliphatic carbocycles. The number of hydrogen-bond acceptors (Lipinski definition) is 4. The van der Waals surface area contributed by atoms with Gasteiger partial charge < -0.3 is 24.5 Å². The van der Waals surface area contributed by atoms with Crippen molar-refractivity contribution in [2.24, 2.45) is 4.99 Å². The molecule has 0 spiro atoms. The molecule has 0 saturated heterocycles. The molecule has 0 aliphatic rings. The van der Waals surface area contributed by atoms with Gasteiger partial charge in [-0.25, -0.2) is 4.99 Å². The maximum atomic E-state index is 5.40. The minimum Gasteiger partial charge on any atom is -0.497 e. The molecule has 0 unspecified atom stereocenters. The van der Waals surface area contributed by atoms with Gasteiger partial charge in [0.2, 0.25) is 0 Å². The summed E-state index contributed by atoms with van der Waals surface area (Å²) in [6.45, 7) is 2.11. The molecular weight excluding hydrogens is 505 g/mol. The average molecular weight is 535 g/mol. The number of hydrogen-bond donors (Lipinski definition) is 2. The average Bonchev–Trinajstić information content (AvgIpc) is 3.31. The normalized spacial score (nSPS) is 10.8. The SMILES string of the molecule is COc1ccc(CCNC(=NCc2ccc(OC)cc2)NCCc2ccco2)cc1.I. The van der Waals surface area contributed by atoms with Crippen molar-refractivity contribution in [1.29, 1.82) is 0 Å². The van der Waals surface area contributed by atoms with Crippen molar-refractivity contribution in [2.45, 2.75) is 19.4 Å². The zero-order valence-electron chi connectivity index (χ0n) is 18.0. The molecule has 3 aromatic rings. The first-order valence-electron chi connectivity index (χ1n) is 10.1. The Balaban J connectivity index is 0.00000341. The van der Waals surface area contributed by atoms with Gasteiger partial charge in [0.1, 0.15) is 17.3 Å². The van der Waals surface area contributed by atoms with E-state index in [9.17, 15) is 0 Å². The highest BCUT2D eigenvalue weighted by atomic mass is 127. The van der Waals surface area contributed by atoms with E-state index in [1.165, 1.54) is 5.56 Å². The van der Waals surface area contributed by atoms with Crippen LogP contribution in [0.15, 0.2) is 76.3 Å². The Kier molecular flexibility index (Phi) is 10.8. The van der Waals surface area contributed by atoms with Crippen molar-refractivity contribution >= 4 is 29.9 Å². The van der Waals surface area contributed by atoms with E-state index < -0.39 is 0 Å². The van der Waals surface area contributed by atoms with E-state index in [1.807, 2.05) is 48.5 Å². The number of furan rings is 1. The Bertz CT molecular complexity index is 895. The first-order valence-corrected chi connectivity index (χ1v) is 10.1. The number of guanidine groups is 1. The minimum atomic E-state index is 0. The van der Waals surface area contributed by atoms with E-state index in [0.717, 1.165) is 54.7 Å². The molecule has 2 aromatic carbocycles. The summed E-state index contributed by atoms with van der Waals surface area (Å²) in [5.41, 5.74) is 2.37. The van der Waals surface area contributed by atoms with Gasteiger partial charge in [-0.05, 0) is 53.9 Å². The molecule has 1 heterocycles. The van der Waals surface area contributed by atoms with Crippen LogP contribution in [0.2, 0.25) is 0 Å². The molecular formula is C24H30IN3O3. The van der Waals surface area contributed by atoms with Crippen LogP contribution in [0.5, 0.6) is 11.5 Å². The highest BCUT2D eigenvalue weighted by molar-refractivity contribution is 14.0. The van der Waals surface area contributed by atoms with Gasteiger partial charge in [0.15, 0.2) is 5.96 Å². The summed E-state index contributed by atoms with van der Waals surface area (Å²) in [6.07, 6.45) is 3.39. The number of nitrogens with one attached hydrogen (secondary N) is 2. The van der Waals surface area contributed by atoms with Crippen molar-refractivity contribution < 1.29 is 13.9 Å². The van der Waals surface area contributed by atoms with Crippen molar-refractivity contribution in [3.05, 3.63) is 83.8 Å². The molecule has 1 aromatic heterocycles. The Morgan fingerprint density at radius 3 is 1.94 bits per heavy atom. The van der Waals surface area contributed by atoms with E-state index >= 15 is 0 Å². The third-order valence-corrected chi connectivity index (χ3v) is 4.69. The number of halogens is 1. The topological polar surface area (TPSA) is 68.0 Å². The van der Waals surface area contributed by atoms with Gasteiger partial charge in [-0.1, -0.05) is 24.3 Å². The first-order chi connectivity index (χ1) is 14.8. The highest BCUT2D eigenvalue weighted by Crippen LogP contribution is 2.12. The van der Waals surface area contributed by atoms with Crippen LogP contribution in [0.25, 0.3) is 0 Å². The second-order valence-electron chi connectivity index (χ2n) is 6.79. The molecule has 2 N–H and O–H groups in total. The number of benzene rings is 2. The molecule has 0 bridgehead atoms. The Labute approximate surface area is 201 Å². The first kappa shape index (κ1) is 24.6. The summed E-state index contributed by atoms with van der Waals surface area (Å²) in [5, 5.41) is 6.81. The Morgan fingerprint density at radius 1 is 0.806 bits per heavy atom. The molecule has 6 nitrogen and oxygen atoms in total. The lowest BCUT2D eigenvalue weighted by Gasteiger charge is -2.13. The van der Waals surface area contributed by atoms with Crippen LogP contribution in [-0.2, 0) is 19.4 Å². The molecule has 0 fully saturated rings. The van der Waals surface area contributed by atoms with E-state index in [0.29, 0.717) is 6.54 Å². The second kappa shape index (κ2) is 13.6. The van der Waals surface area contributed by atoms with E-state index in [2.05, 4.69) is 22.8 Å². The van der Waals surface area contributed by atoms with Crippen molar-refractivity contribution in [3.63, 3.8) is 0 Å². The smallest absolute Gasteiger partial charge is 0.191 e. The number of rotatable bonds is 10. The number of nitrogens with zero attached hydrogens (tertiary/aromatic N) is 1. The van der Waals surface area contributed by atoms with Crippen LogP contribution < -0.4 is 20.1 Å². The molecule has 0 amide bonds. The monoisotopic (exact) mass is 535 g/mol. The Hall–Kier alpha value is -2.68. The molecule has 166 valence electrons. The zero-order chi connectivity index (χ0) is 21.0. The minimum absolute atomic E-state index is 0. The van der Waals surface area contributed by atoms with Crippen LogP contribution in [-0.4, -0.2) is 33.3 Å². The lowest BCUT2D eigenvalue weighted by Crippen LogP contribution is -2.39. The molecule has 0 atom stereocenters. The number of methoxy groups -OCH3 is 2. The van der Waals surface area contributed by atoms with Crippen LogP contribution in [0, 0.1) is 0 Å². The molecule has 7 heteroatoms. The molecule has 0 radical (unpaired) electrons. The van der Waals surface area contributed by atoms with Crippen LogP contribution >= 0.6 is 24.0 Å². The maximum Gasteiger partial charge on any atom is 0.191 e. The largest absolute Gasteiger partial charge is 0.497 e. The number of aliphatic imine (C=N–C) groups is 1. The van der Waals surface area contributed by atoms with E-state index in [4.69, 9.17) is 18.9 Å². The second-order valence-corrected chi connectivity index (χ2v) is 6.79. The van der Waals surface area contributed by atoms with Crippen LogP contribution in [0.3, 0.4) is 0 Å². The fourth-order valence-electron chi connectivity index (χ4n) is 2.95. The third-order valence-electron chi connectivity index (χ3n) is 4.69. The molecule has 0 saturated carbocycles. The lowest BCUT2D eigenvalue weighted by atomic mass is 10.1. The van der Waals surface area contributed by atoms with Gasteiger partial charge in [-0.2, -0.15) is 0 Å². The van der Waals surface area contributed by atoms with Crippen molar-refractivity contribution in [2.75, 3.05) is 27.3 Å². The van der Waals surface area contributed by atoms with Gasteiger partial charge in [0.25, 0.3) is 0 Å². The van der Waals surface area contributed by atoms with Crippen LogP contribution in [0.4, 0.5) is 0 Å². The van der Waals surface area contributed by atoms with Gasteiger partial charge in [0, 0.05) is 19.5 Å². The summed E-state index contributed by atoms with van der Waals surface area (Å²) < 4.78 is 15.8. The predicted octanol–water partition coefficient (Wildman–Crippen LogP) is 4.44. The highest BCUT2D eigenvalue weighted by Gasteiger charge is 2.02. The summed E-state index contributed by atoms with van der Waals surface area (Å²) in [5.74, 6) is 3.45. The van der Waals surface area contributed by atoms with Gasteiger partial charge in [-0.15, -0.1) is 24.0 Å². The van der Waals surface area contributed by atoms with Crippen LogP contribution in [0.1, 0.15) is 16.9 Å². The standard InChI is InChI=1S/C24H29N3O3.HI/c1-28-21-9-5-19(6-10-21)13-15-25-24(26-16-14-23-4-3-17-30-23)27-18-20-7-11-22(29-2)12-8-20;/h3-12,17H,13-16,18H2,1-2H3,(H2,25,26,27);1H. The summed E-state index contributed by atoms with van der Waals surface area (Å²) >= 11 is 0. The van der Waals surface area contributed by atoms with Crippen molar-refractivity contribution in [1.82, 2.24) is 10.6 Å². The van der Waals surface area contributed by atoms with E-state index in [-0.39, 0.29) is 24.0 Å². The van der Waals surface area contributed by atoms with Gasteiger partial charge >= 0.3 is 0 Å². The molecule has 31 heavy (non-hydrogen) atoms. The molecule has 3 rings (SSSR count). The van der Waals surface area contributed by atoms with E-state index in [1.54, 1.807) is 20.5 Å². The summed E-state index contributed by atoms with van der Waals surface area (Å²) in [7, 11) is 3.34. The van der Waals surface area contributed by atoms with Gasteiger partial charge in [0.05, 0.1) is 27.0 Å². The number of ether oxygens (including phenoxy) is 2. The van der Waals surface area contributed by atoms with Crippen molar-refractivity contribution in [3.8, 4) is 11.5 Å². The Morgan fingerprint density at radius 2 is 1.39 bits per heavy atom. The summed E-state index contributed by atoms with van der Waals surface area (Å²) in [4.78, 5) is 4.73. The molecule has 0 aliphatic heterocycles. The van der Waals surface area contributed by atoms with Gasteiger partial charge in [-0.3, -0.25) is 0 Å². The summed E-state index contributed by atoms with van der Waals surface area (Å²) in [6, 6.07) is 20.0. The quantitative estimate of drug-likeness (QED) is 0.229. The third kappa shape index (κ3) is 8.53. The fourth-order valence-corrected chi connectivity index (χ4v) is 2.95. The zero-order valence-corrected chi connectivity index (χ0v) is 20.3.